The Kier molecular flexibility index (Phi) is 4.48. The minimum Gasteiger partial charge on any atom is -0.449 e. The molecule has 0 N–H and O–H groups in total. The van der Waals surface area contributed by atoms with Crippen molar-refractivity contribution in [1.82, 2.24) is 19.3 Å². The largest absolute Gasteiger partial charge is 0.449 e. The molecule has 0 aliphatic carbocycles. The zero-order chi connectivity index (χ0) is 18.8. The quantitative estimate of drug-likeness (QED) is 0.534. The Balaban J connectivity index is 1.88. The van der Waals surface area contributed by atoms with Crippen LogP contribution in [0.15, 0.2) is 78.2 Å². The lowest BCUT2D eigenvalue weighted by Crippen LogP contribution is -2.23. The first-order valence-electron chi connectivity index (χ1n) is 8.23. The van der Waals surface area contributed by atoms with E-state index in [-0.39, 0.29) is 11.3 Å². The van der Waals surface area contributed by atoms with Crippen LogP contribution in [0.25, 0.3) is 11.4 Å². The van der Waals surface area contributed by atoms with Crippen LogP contribution in [0.1, 0.15) is 5.56 Å². The third-order valence-electron chi connectivity index (χ3n) is 3.98. The molecule has 134 valence electrons. The van der Waals surface area contributed by atoms with E-state index in [1.165, 1.54) is 4.68 Å². The third kappa shape index (κ3) is 3.47. The van der Waals surface area contributed by atoms with Gasteiger partial charge in [0.2, 0.25) is 5.75 Å². The van der Waals surface area contributed by atoms with E-state index in [1.807, 2.05) is 25.1 Å². The van der Waals surface area contributed by atoms with Crippen molar-refractivity contribution in [2.45, 2.75) is 6.92 Å². The first-order valence-corrected chi connectivity index (χ1v) is 8.61. The number of hydrogen-bond acceptors (Lipinski definition) is 4. The summed E-state index contributed by atoms with van der Waals surface area (Å²) in [6.07, 6.45) is 6.52. The maximum absolute atomic E-state index is 13.2. The minimum absolute atomic E-state index is 0.156. The molecule has 27 heavy (non-hydrogen) atoms. The van der Waals surface area contributed by atoms with Gasteiger partial charge in [0, 0.05) is 17.4 Å². The van der Waals surface area contributed by atoms with E-state index in [0.29, 0.717) is 22.1 Å². The van der Waals surface area contributed by atoms with E-state index in [0.717, 1.165) is 5.56 Å². The normalized spacial score (nSPS) is 10.7. The Hall–Kier alpha value is -3.38. The number of aromatic nitrogens is 4. The van der Waals surface area contributed by atoms with Gasteiger partial charge in [0.25, 0.3) is 0 Å². The molecule has 0 amide bonds. The van der Waals surface area contributed by atoms with Gasteiger partial charge in [0.15, 0.2) is 0 Å². The SMILES string of the molecule is Cc1cccc(Oc2c(-n3ccnc3)cnn(-c3ccc(Cl)cc3)c2=O)c1. The highest BCUT2D eigenvalue weighted by Crippen LogP contribution is 2.25. The van der Waals surface area contributed by atoms with Gasteiger partial charge in [-0.3, -0.25) is 4.79 Å². The molecular formula is C20H15ClN4O2. The number of rotatable bonds is 4. The molecule has 7 heteroatoms. The molecule has 0 radical (unpaired) electrons. The zero-order valence-electron chi connectivity index (χ0n) is 14.4. The Labute approximate surface area is 160 Å². The number of aryl methyl sites for hydroxylation is 1. The monoisotopic (exact) mass is 378 g/mol. The van der Waals surface area contributed by atoms with Crippen LogP contribution in [0.2, 0.25) is 5.02 Å². The van der Waals surface area contributed by atoms with Crippen LogP contribution in [0.5, 0.6) is 11.5 Å². The highest BCUT2D eigenvalue weighted by molar-refractivity contribution is 6.30. The molecular weight excluding hydrogens is 364 g/mol. The minimum atomic E-state index is -0.384. The molecule has 4 aromatic rings. The number of halogens is 1. The maximum Gasteiger partial charge on any atom is 0.316 e. The van der Waals surface area contributed by atoms with Crippen LogP contribution in [-0.4, -0.2) is 19.3 Å². The number of ether oxygens (including phenoxy) is 1. The summed E-state index contributed by atoms with van der Waals surface area (Å²) >= 11 is 5.94. The maximum atomic E-state index is 13.2. The predicted octanol–water partition coefficient (Wildman–Crippen LogP) is 4.17. The molecule has 0 saturated carbocycles. The van der Waals surface area contributed by atoms with E-state index in [2.05, 4.69) is 10.1 Å². The van der Waals surface area contributed by atoms with Gasteiger partial charge in [0.05, 0.1) is 18.2 Å². The summed E-state index contributed by atoms with van der Waals surface area (Å²) in [6, 6.07) is 14.4. The first-order chi connectivity index (χ1) is 13.1. The third-order valence-corrected chi connectivity index (χ3v) is 4.23. The van der Waals surface area contributed by atoms with E-state index < -0.39 is 0 Å². The average Bonchev–Trinajstić information content (AvgIpc) is 3.19. The van der Waals surface area contributed by atoms with Gasteiger partial charge in [-0.05, 0) is 48.9 Å². The first kappa shape index (κ1) is 17.1. The molecule has 2 aromatic carbocycles. The van der Waals surface area contributed by atoms with Crippen LogP contribution in [0.3, 0.4) is 0 Å². The van der Waals surface area contributed by atoms with Crippen LogP contribution in [0.4, 0.5) is 0 Å². The molecule has 0 aliphatic heterocycles. The van der Waals surface area contributed by atoms with Crippen molar-refractivity contribution in [3.63, 3.8) is 0 Å². The summed E-state index contributed by atoms with van der Waals surface area (Å²) in [5, 5.41) is 4.87. The lowest BCUT2D eigenvalue weighted by atomic mass is 10.2. The Morgan fingerprint density at radius 2 is 1.93 bits per heavy atom. The van der Waals surface area contributed by atoms with Gasteiger partial charge in [-0.15, -0.1) is 0 Å². The molecule has 0 spiro atoms. The van der Waals surface area contributed by atoms with Gasteiger partial charge in [-0.25, -0.2) is 4.98 Å². The van der Waals surface area contributed by atoms with Crippen molar-refractivity contribution in [2.24, 2.45) is 0 Å². The van der Waals surface area contributed by atoms with Crippen LogP contribution < -0.4 is 10.3 Å². The number of benzene rings is 2. The van der Waals surface area contributed by atoms with Gasteiger partial charge in [-0.1, -0.05) is 23.7 Å². The number of imidazole rings is 1. The Morgan fingerprint density at radius 3 is 2.63 bits per heavy atom. The van der Waals surface area contributed by atoms with Gasteiger partial charge >= 0.3 is 5.56 Å². The summed E-state index contributed by atoms with van der Waals surface area (Å²) in [7, 11) is 0. The standard InChI is InChI=1S/C20H15ClN4O2/c1-14-3-2-4-17(11-14)27-19-18(24-10-9-22-13-24)12-23-25(20(19)26)16-7-5-15(21)6-8-16/h2-13H,1H3. The zero-order valence-corrected chi connectivity index (χ0v) is 15.2. The lowest BCUT2D eigenvalue weighted by molar-refractivity contribution is 0.464. The summed E-state index contributed by atoms with van der Waals surface area (Å²) in [5.74, 6) is 0.728. The smallest absolute Gasteiger partial charge is 0.316 e. The van der Waals surface area contributed by atoms with Gasteiger partial charge in [0.1, 0.15) is 11.4 Å². The van der Waals surface area contributed by atoms with Crippen molar-refractivity contribution in [1.29, 1.82) is 0 Å². The molecule has 0 aliphatic rings. The molecule has 0 bridgehead atoms. The summed E-state index contributed by atoms with van der Waals surface area (Å²) < 4.78 is 8.95. The second-order valence-electron chi connectivity index (χ2n) is 5.94. The predicted molar refractivity (Wildman–Crippen MR) is 103 cm³/mol. The molecule has 0 atom stereocenters. The Bertz CT molecular complexity index is 1140. The second-order valence-corrected chi connectivity index (χ2v) is 6.38. The van der Waals surface area contributed by atoms with Crippen LogP contribution in [0, 0.1) is 6.92 Å². The molecule has 0 fully saturated rings. The fourth-order valence-electron chi connectivity index (χ4n) is 2.67. The van der Waals surface area contributed by atoms with Crippen molar-refractivity contribution >= 4 is 11.6 Å². The van der Waals surface area contributed by atoms with Gasteiger partial charge in [-0.2, -0.15) is 9.78 Å². The highest BCUT2D eigenvalue weighted by atomic mass is 35.5. The number of nitrogens with zero attached hydrogens (tertiary/aromatic N) is 4. The van der Waals surface area contributed by atoms with E-state index in [1.54, 1.807) is 59.8 Å². The molecule has 0 unspecified atom stereocenters. The van der Waals surface area contributed by atoms with Crippen molar-refractivity contribution in [2.75, 3.05) is 0 Å². The van der Waals surface area contributed by atoms with Crippen molar-refractivity contribution in [3.8, 4) is 22.9 Å². The second kappa shape index (κ2) is 7.09. The van der Waals surface area contributed by atoms with E-state index >= 15 is 0 Å². The number of hydrogen-bond donors (Lipinski definition) is 0. The van der Waals surface area contributed by atoms with Crippen molar-refractivity contribution < 1.29 is 4.74 Å². The van der Waals surface area contributed by atoms with E-state index in [9.17, 15) is 4.79 Å². The topological polar surface area (TPSA) is 61.9 Å². The van der Waals surface area contributed by atoms with Crippen LogP contribution >= 0.6 is 11.6 Å². The molecule has 2 aromatic heterocycles. The van der Waals surface area contributed by atoms with E-state index in [4.69, 9.17) is 16.3 Å². The molecule has 4 rings (SSSR count). The fourth-order valence-corrected chi connectivity index (χ4v) is 2.80. The van der Waals surface area contributed by atoms with Gasteiger partial charge < -0.3 is 9.30 Å². The molecule has 0 saturated heterocycles. The highest BCUT2D eigenvalue weighted by Gasteiger charge is 2.16. The summed E-state index contributed by atoms with van der Waals surface area (Å²) in [5.41, 5.74) is 1.74. The molecule has 2 heterocycles. The summed E-state index contributed by atoms with van der Waals surface area (Å²) in [4.78, 5) is 17.2. The lowest BCUT2D eigenvalue weighted by Gasteiger charge is -2.13. The average molecular weight is 379 g/mol. The van der Waals surface area contributed by atoms with Crippen molar-refractivity contribution in [3.05, 3.63) is 94.4 Å². The molecule has 6 nitrogen and oxygen atoms in total. The fraction of sp³-hybridized carbons (Fsp3) is 0.0500. The van der Waals surface area contributed by atoms with Crippen LogP contribution in [-0.2, 0) is 0 Å². The summed E-state index contributed by atoms with van der Waals surface area (Å²) in [6.45, 7) is 1.96. The Morgan fingerprint density at radius 1 is 1.11 bits per heavy atom.